The molecule has 3 aromatic heterocycles. The molecule has 0 unspecified atom stereocenters. The molecule has 0 aliphatic rings. The molecule has 5 heteroatoms. The van der Waals surface area contributed by atoms with Gasteiger partial charge in [-0.1, -0.05) is 36.4 Å². The van der Waals surface area contributed by atoms with E-state index in [0.29, 0.717) is 6.42 Å². The van der Waals surface area contributed by atoms with Crippen molar-refractivity contribution in [2.24, 2.45) is 0 Å². The number of aromatic nitrogens is 4. The predicted molar refractivity (Wildman–Crippen MR) is 99.0 cm³/mol. The quantitative estimate of drug-likeness (QED) is 0.622. The van der Waals surface area contributed by atoms with E-state index in [2.05, 4.69) is 27.1 Å². The minimum Gasteiger partial charge on any atom is -0.368 e. The van der Waals surface area contributed by atoms with Gasteiger partial charge in [0.2, 0.25) is 5.95 Å². The molecule has 0 saturated heterocycles. The van der Waals surface area contributed by atoms with Gasteiger partial charge in [-0.25, -0.2) is 15.0 Å². The Bertz CT molecular complexity index is 1040. The standard InChI is InChI=1S/C20H17N5/c1-13-6-5-11-22-18(13)15-9-10-16-19(23-15)17(25-20(21)24-16)12-14-7-3-2-4-8-14/h2-11H,12H2,1H3,(H2,21,24,25). The molecular weight excluding hydrogens is 310 g/mol. The summed E-state index contributed by atoms with van der Waals surface area (Å²) < 4.78 is 0. The largest absolute Gasteiger partial charge is 0.368 e. The summed E-state index contributed by atoms with van der Waals surface area (Å²) in [6, 6.07) is 18.0. The van der Waals surface area contributed by atoms with Gasteiger partial charge in [-0.2, -0.15) is 0 Å². The molecule has 1 aromatic carbocycles. The minimum atomic E-state index is 0.266. The number of anilines is 1. The molecule has 0 aliphatic heterocycles. The van der Waals surface area contributed by atoms with Crippen LogP contribution in [0.2, 0.25) is 0 Å². The summed E-state index contributed by atoms with van der Waals surface area (Å²) in [6.45, 7) is 2.03. The Balaban J connectivity index is 1.87. The minimum absolute atomic E-state index is 0.266. The summed E-state index contributed by atoms with van der Waals surface area (Å²) in [4.78, 5) is 18.0. The van der Waals surface area contributed by atoms with Crippen LogP contribution in [0.1, 0.15) is 16.8 Å². The highest BCUT2D eigenvalue weighted by atomic mass is 15.0. The van der Waals surface area contributed by atoms with Crippen LogP contribution in [0.5, 0.6) is 0 Å². The van der Waals surface area contributed by atoms with Crippen molar-refractivity contribution in [1.29, 1.82) is 0 Å². The van der Waals surface area contributed by atoms with Gasteiger partial charge in [0, 0.05) is 12.6 Å². The first kappa shape index (κ1) is 15.2. The fourth-order valence-corrected chi connectivity index (χ4v) is 2.89. The third-order valence-corrected chi connectivity index (χ3v) is 4.10. The zero-order valence-electron chi connectivity index (χ0n) is 13.8. The van der Waals surface area contributed by atoms with E-state index in [9.17, 15) is 0 Å². The van der Waals surface area contributed by atoms with E-state index < -0.39 is 0 Å². The lowest BCUT2D eigenvalue weighted by atomic mass is 10.1. The van der Waals surface area contributed by atoms with Crippen LogP contribution in [0.4, 0.5) is 5.95 Å². The first-order chi connectivity index (χ1) is 12.2. The van der Waals surface area contributed by atoms with E-state index in [1.165, 1.54) is 0 Å². The topological polar surface area (TPSA) is 77.6 Å². The van der Waals surface area contributed by atoms with E-state index in [1.54, 1.807) is 6.20 Å². The van der Waals surface area contributed by atoms with Gasteiger partial charge in [0.15, 0.2) is 0 Å². The fourth-order valence-electron chi connectivity index (χ4n) is 2.89. The van der Waals surface area contributed by atoms with Crippen molar-refractivity contribution in [3.63, 3.8) is 0 Å². The summed E-state index contributed by atoms with van der Waals surface area (Å²) in [5, 5.41) is 0. The van der Waals surface area contributed by atoms with Crippen molar-refractivity contribution < 1.29 is 0 Å². The Morgan fingerprint density at radius 1 is 0.880 bits per heavy atom. The number of aryl methyl sites for hydroxylation is 1. The SMILES string of the molecule is Cc1cccnc1-c1ccc2nc(N)nc(Cc3ccccc3)c2n1. The van der Waals surface area contributed by atoms with Crippen molar-refractivity contribution in [3.8, 4) is 11.4 Å². The molecule has 0 radical (unpaired) electrons. The summed E-state index contributed by atoms with van der Waals surface area (Å²) in [5.74, 6) is 0.266. The first-order valence-electron chi connectivity index (χ1n) is 8.10. The average Bonchev–Trinajstić information content (AvgIpc) is 2.63. The molecule has 25 heavy (non-hydrogen) atoms. The van der Waals surface area contributed by atoms with Crippen LogP contribution in [0.15, 0.2) is 60.8 Å². The number of nitrogen functional groups attached to an aromatic ring is 1. The highest BCUT2D eigenvalue weighted by Crippen LogP contribution is 2.24. The van der Waals surface area contributed by atoms with Crippen LogP contribution in [-0.2, 0) is 6.42 Å². The van der Waals surface area contributed by atoms with Crippen LogP contribution < -0.4 is 5.73 Å². The number of nitrogens with zero attached hydrogens (tertiary/aromatic N) is 4. The molecule has 4 aromatic rings. The molecule has 0 aliphatic carbocycles. The van der Waals surface area contributed by atoms with Gasteiger partial charge >= 0.3 is 0 Å². The lowest BCUT2D eigenvalue weighted by Gasteiger charge is -2.09. The molecule has 2 N–H and O–H groups in total. The van der Waals surface area contributed by atoms with Gasteiger partial charge in [-0.15, -0.1) is 0 Å². The Morgan fingerprint density at radius 2 is 1.72 bits per heavy atom. The average molecular weight is 327 g/mol. The van der Waals surface area contributed by atoms with Crippen molar-refractivity contribution >= 4 is 17.0 Å². The predicted octanol–water partition coefficient (Wildman–Crippen LogP) is 3.57. The van der Waals surface area contributed by atoms with Gasteiger partial charge < -0.3 is 5.73 Å². The van der Waals surface area contributed by atoms with Gasteiger partial charge in [-0.3, -0.25) is 4.98 Å². The number of fused-ring (bicyclic) bond motifs is 1. The number of rotatable bonds is 3. The van der Waals surface area contributed by atoms with Crippen molar-refractivity contribution in [2.45, 2.75) is 13.3 Å². The van der Waals surface area contributed by atoms with Crippen LogP contribution in [0, 0.1) is 6.92 Å². The maximum Gasteiger partial charge on any atom is 0.220 e. The van der Waals surface area contributed by atoms with Crippen LogP contribution in [0.3, 0.4) is 0 Å². The fraction of sp³-hybridized carbons (Fsp3) is 0.100. The molecule has 0 amide bonds. The Kier molecular flexibility index (Phi) is 3.82. The second-order valence-electron chi connectivity index (χ2n) is 5.92. The smallest absolute Gasteiger partial charge is 0.220 e. The molecular formula is C20H17N5. The van der Waals surface area contributed by atoms with Crippen molar-refractivity contribution in [1.82, 2.24) is 19.9 Å². The summed E-state index contributed by atoms with van der Waals surface area (Å²) >= 11 is 0. The summed E-state index contributed by atoms with van der Waals surface area (Å²) in [7, 11) is 0. The molecule has 0 fully saturated rings. The number of hydrogen-bond donors (Lipinski definition) is 1. The normalized spacial score (nSPS) is 10.9. The lowest BCUT2D eigenvalue weighted by molar-refractivity contribution is 1.06. The van der Waals surface area contributed by atoms with Gasteiger partial charge in [0.25, 0.3) is 0 Å². The zero-order chi connectivity index (χ0) is 17.2. The van der Waals surface area contributed by atoms with E-state index in [0.717, 1.165) is 39.2 Å². The van der Waals surface area contributed by atoms with Crippen LogP contribution in [-0.4, -0.2) is 19.9 Å². The highest BCUT2D eigenvalue weighted by molar-refractivity contribution is 5.81. The van der Waals surface area contributed by atoms with Crippen LogP contribution in [0.25, 0.3) is 22.4 Å². The zero-order valence-corrected chi connectivity index (χ0v) is 13.8. The maximum absolute atomic E-state index is 5.89. The molecule has 0 spiro atoms. The van der Waals surface area contributed by atoms with Gasteiger partial charge in [0.05, 0.1) is 22.6 Å². The summed E-state index contributed by atoms with van der Waals surface area (Å²) in [6.07, 6.45) is 2.43. The van der Waals surface area contributed by atoms with Gasteiger partial charge in [-0.05, 0) is 36.2 Å². The lowest BCUT2D eigenvalue weighted by Crippen LogP contribution is -2.04. The molecule has 4 rings (SSSR count). The first-order valence-corrected chi connectivity index (χ1v) is 8.10. The maximum atomic E-state index is 5.89. The van der Waals surface area contributed by atoms with E-state index in [-0.39, 0.29) is 5.95 Å². The third-order valence-electron chi connectivity index (χ3n) is 4.10. The Hall–Kier alpha value is -3.34. The molecule has 0 atom stereocenters. The highest BCUT2D eigenvalue weighted by Gasteiger charge is 2.12. The second kappa shape index (κ2) is 6.28. The van der Waals surface area contributed by atoms with Crippen molar-refractivity contribution in [2.75, 3.05) is 5.73 Å². The monoisotopic (exact) mass is 327 g/mol. The number of pyridine rings is 2. The number of hydrogen-bond acceptors (Lipinski definition) is 5. The van der Waals surface area contributed by atoms with Crippen LogP contribution >= 0.6 is 0 Å². The molecule has 3 heterocycles. The Labute approximate surface area is 145 Å². The molecule has 122 valence electrons. The molecule has 5 nitrogen and oxygen atoms in total. The number of benzene rings is 1. The van der Waals surface area contributed by atoms with Gasteiger partial charge in [0.1, 0.15) is 5.52 Å². The third kappa shape index (κ3) is 3.04. The van der Waals surface area contributed by atoms with E-state index >= 15 is 0 Å². The molecule has 0 bridgehead atoms. The van der Waals surface area contributed by atoms with E-state index in [1.807, 2.05) is 49.4 Å². The van der Waals surface area contributed by atoms with Crippen molar-refractivity contribution in [3.05, 3.63) is 77.6 Å². The van der Waals surface area contributed by atoms with E-state index in [4.69, 9.17) is 10.7 Å². The summed E-state index contributed by atoms with van der Waals surface area (Å²) in [5.41, 5.74) is 12.1. The Morgan fingerprint density at radius 3 is 2.52 bits per heavy atom. The number of nitrogens with two attached hydrogens (primary N) is 1. The molecule has 0 saturated carbocycles. The second-order valence-corrected chi connectivity index (χ2v) is 5.92.